The number of hydrogen-bond acceptors (Lipinski definition) is 5. The van der Waals surface area contributed by atoms with E-state index in [0.29, 0.717) is 17.9 Å². The molecule has 0 bridgehead atoms. The van der Waals surface area contributed by atoms with Crippen LogP contribution in [0.5, 0.6) is 5.75 Å². The molecule has 0 aliphatic heterocycles. The molecule has 1 amide bonds. The van der Waals surface area contributed by atoms with Crippen molar-refractivity contribution in [1.29, 1.82) is 0 Å². The quantitative estimate of drug-likeness (QED) is 0.735. The lowest BCUT2D eigenvalue weighted by molar-refractivity contribution is -0.120. The maximum atomic E-state index is 12.1. The fraction of sp³-hybridized carbons (Fsp3) is 0.533. The number of hydrogen-bond donors (Lipinski definition) is 2. The minimum Gasteiger partial charge on any atom is -0.492 e. The average Bonchev–Trinajstić information content (AvgIpc) is 2.37. The van der Waals surface area contributed by atoms with Crippen molar-refractivity contribution in [3.8, 4) is 5.75 Å². The Morgan fingerprint density at radius 2 is 2.04 bits per heavy atom. The molecule has 0 saturated carbocycles. The van der Waals surface area contributed by atoms with Gasteiger partial charge in [-0.25, -0.2) is 8.42 Å². The van der Waals surface area contributed by atoms with Crippen LogP contribution in [0.2, 0.25) is 0 Å². The molecule has 3 N–H and O–H groups in total. The van der Waals surface area contributed by atoms with Gasteiger partial charge in [-0.15, -0.1) is 12.4 Å². The molecule has 0 aromatic heterocycles. The lowest BCUT2D eigenvalue weighted by atomic mass is 9.96. The third-order valence-corrected chi connectivity index (χ3v) is 4.01. The van der Waals surface area contributed by atoms with E-state index in [1.54, 1.807) is 31.2 Å². The molecule has 0 fully saturated rings. The van der Waals surface area contributed by atoms with Gasteiger partial charge in [-0.05, 0) is 25.5 Å². The normalized spacial score (nSPS) is 13.6. The van der Waals surface area contributed by atoms with Gasteiger partial charge in [0, 0.05) is 18.0 Å². The van der Waals surface area contributed by atoms with Crippen molar-refractivity contribution in [2.45, 2.75) is 32.2 Å². The van der Waals surface area contributed by atoms with Gasteiger partial charge in [-0.3, -0.25) is 4.79 Å². The first-order valence-electron chi connectivity index (χ1n) is 7.15. The predicted molar refractivity (Wildman–Crippen MR) is 95.0 cm³/mol. The Bertz CT molecular complexity index is 618. The molecule has 1 rings (SSSR count). The summed E-state index contributed by atoms with van der Waals surface area (Å²) in [4.78, 5) is 12.1. The maximum absolute atomic E-state index is 12.1. The molecular weight excluding hydrogens is 340 g/mol. The van der Waals surface area contributed by atoms with Crippen LogP contribution in [0.3, 0.4) is 0 Å². The van der Waals surface area contributed by atoms with Crippen LogP contribution in [-0.2, 0) is 14.6 Å². The largest absolute Gasteiger partial charge is 0.492 e. The fourth-order valence-electron chi connectivity index (χ4n) is 1.88. The van der Waals surface area contributed by atoms with Gasteiger partial charge in [0.2, 0.25) is 5.91 Å². The van der Waals surface area contributed by atoms with Crippen LogP contribution < -0.4 is 15.8 Å². The minimum atomic E-state index is -3.06. The topological polar surface area (TPSA) is 98.5 Å². The van der Waals surface area contributed by atoms with Gasteiger partial charge in [-0.1, -0.05) is 19.4 Å². The van der Waals surface area contributed by atoms with Crippen LogP contribution in [-0.4, -0.2) is 38.5 Å². The Labute approximate surface area is 144 Å². The number of carbonyl (C=O) groups is 1. The number of rotatable bonds is 8. The van der Waals surface area contributed by atoms with Gasteiger partial charge in [0.15, 0.2) is 9.84 Å². The van der Waals surface area contributed by atoms with Gasteiger partial charge in [0.1, 0.15) is 12.4 Å². The molecule has 132 valence electrons. The van der Waals surface area contributed by atoms with Crippen LogP contribution in [0.4, 0.5) is 5.69 Å². The Kier molecular flexibility index (Phi) is 8.58. The highest BCUT2D eigenvalue weighted by molar-refractivity contribution is 7.90. The standard InChI is InChI=1S/C15H24N2O4S.ClH/c1-4-8-15(2,16)14(18)17-12-6-5-7-13(11-12)21-9-10-22(3,19)20;/h5-7,11H,4,8-10,16H2,1-3H3,(H,17,18);1H. The molecule has 0 aliphatic rings. The first-order chi connectivity index (χ1) is 10.1. The van der Waals surface area contributed by atoms with E-state index in [2.05, 4.69) is 5.32 Å². The molecule has 6 nitrogen and oxygen atoms in total. The summed E-state index contributed by atoms with van der Waals surface area (Å²) >= 11 is 0. The Morgan fingerprint density at radius 1 is 1.39 bits per heavy atom. The van der Waals surface area contributed by atoms with E-state index < -0.39 is 15.4 Å². The van der Waals surface area contributed by atoms with Gasteiger partial charge in [0.25, 0.3) is 0 Å². The van der Waals surface area contributed by atoms with Gasteiger partial charge < -0.3 is 15.8 Å². The van der Waals surface area contributed by atoms with E-state index in [0.717, 1.165) is 12.7 Å². The van der Waals surface area contributed by atoms with Crippen LogP contribution in [0.1, 0.15) is 26.7 Å². The highest BCUT2D eigenvalue weighted by Gasteiger charge is 2.27. The van der Waals surface area contributed by atoms with Crippen molar-refractivity contribution >= 4 is 33.8 Å². The molecule has 0 heterocycles. The molecule has 1 atom stereocenters. The SMILES string of the molecule is CCCC(C)(N)C(=O)Nc1cccc(OCCS(C)(=O)=O)c1.Cl. The molecule has 8 heteroatoms. The summed E-state index contributed by atoms with van der Waals surface area (Å²) in [6.45, 7) is 3.73. The third kappa shape index (κ3) is 8.20. The number of amides is 1. The van der Waals surface area contributed by atoms with E-state index in [-0.39, 0.29) is 30.7 Å². The van der Waals surface area contributed by atoms with Crippen molar-refractivity contribution in [2.75, 3.05) is 23.9 Å². The minimum absolute atomic E-state index is 0. The van der Waals surface area contributed by atoms with E-state index in [1.807, 2.05) is 6.92 Å². The highest BCUT2D eigenvalue weighted by Crippen LogP contribution is 2.19. The molecule has 0 saturated heterocycles. The monoisotopic (exact) mass is 364 g/mol. The van der Waals surface area contributed by atoms with Gasteiger partial charge >= 0.3 is 0 Å². The molecule has 1 aromatic carbocycles. The Morgan fingerprint density at radius 3 is 2.61 bits per heavy atom. The van der Waals surface area contributed by atoms with Crippen LogP contribution in [0.15, 0.2) is 24.3 Å². The second kappa shape index (κ2) is 9.10. The van der Waals surface area contributed by atoms with Gasteiger partial charge in [0.05, 0.1) is 11.3 Å². The van der Waals surface area contributed by atoms with Crippen molar-refractivity contribution in [3.63, 3.8) is 0 Å². The molecule has 1 aromatic rings. The average molecular weight is 365 g/mol. The number of anilines is 1. The van der Waals surface area contributed by atoms with Crippen LogP contribution in [0, 0.1) is 0 Å². The highest BCUT2D eigenvalue weighted by atomic mass is 35.5. The summed E-state index contributed by atoms with van der Waals surface area (Å²) in [5.41, 5.74) is 5.61. The first kappa shape index (κ1) is 21.7. The number of nitrogens with one attached hydrogen (secondary N) is 1. The number of sulfone groups is 1. The van der Waals surface area contributed by atoms with Crippen molar-refractivity contribution in [2.24, 2.45) is 5.73 Å². The second-order valence-corrected chi connectivity index (χ2v) is 7.89. The molecule has 0 aliphatic carbocycles. The molecule has 0 spiro atoms. The molecule has 23 heavy (non-hydrogen) atoms. The summed E-state index contributed by atoms with van der Waals surface area (Å²) in [6, 6.07) is 6.79. The van der Waals surface area contributed by atoms with E-state index in [1.165, 1.54) is 0 Å². The number of carbonyl (C=O) groups excluding carboxylic acids is 1. The van der Waals surface area contributed by atoms with Crippen LogP contribution in [0.25, 0.3) is 0 Å². The van der Waals surface area contributed by atoms with Crippen LogP contribution >= 0.6 is 12.4 Å². The summed E-state index contributed by atoms with van der Waals surface area (Å²) in [7, 11) is -3.06. The number of halogens is 1. The zero-order valence-corrected chi connectivity index (χ0v) is 15.3. The third-order valence-electron chi connectivity index (χ3n) is 3.10. The predicted octanol–water partition coefficient (Wildman–Crippen LogP) is 1.99. The summed E-state index contributed by atoms with van der Waals surface area (Å²) in [5, 5.41) is 2.75. The second-order valence-electron chi connectivity index (χ2n) is 5.63. The zero-order valence-electron chi connectivity index (χ0n) is 13.7. The molecular formula is C15H25ClN2O4S. The van der Waals surface area contributed by atoms with Gasteiger partial charge in [-0.2, -0.15) is 0 Å². The maximum Gasteiger partial charge on any atom is 0.244 e. The summed E-state index contributed by atoms with van der Waals surface area (Å²) < 4.78 is 27.5. The zero-order chi connectivity index (χ0) is 16.8. The fourth-order valence-corrected chi connectivity index (χ4v) is 2.27. The number of nitrogens with two attached hydrogens (primary N) is 1. The number of ether oxygens (including phenoxy) is 1. The molecule has 1 unspecified atom stereocenters. The van der Waals surface area contributed by atoms with Crippen molar-refractivity contribution in [1.82, 2.24) is 0 Å². The van der Waals surface area contributed by atoms with E-state index >= 15 is 0 Å². The smallest absolute Gasteiger partial charge is 0.244 e. The van der Waals surface area contributed by atoms with Crippen molar-refractivity contribution < 1.29 is 17.9 Å². The lowest BCUT2D eigenvalue weighted by Crippen LogP contribution is -2.48. The van der Waals surface area contributed by atoms with Crippen molar-refractivity contribution in [3.05, 3.63) is 24.3 Å². The first-order valence-corrected chi connectivity index (χ1v) is 9.21. The Balaban J connectivity index is 0.00000484. The summed E-state index contributed by atoms with van der Waals surface area (Å²) in [5.74, 6) is 0.180. The van der Waals surface area contributed by atoms with E-state index in [4.69, 9.17) is 10.5 Å². The number of benzene rings is 1. The summed E-state index contributed by atoms with van der Waals surface area (Å²) in [6.07, 6.45) is 2.56. The lowest BCUT2D eigenvalue weighted by Gasteiger charge is -2.23. The van der Waals surface area contributed by atoms with E-state index in [9.17, 15) is 13.2 Å². The molecule has 0 radical (unpaired) electrons. The Hall–Kier alpha value is -1.31.